The van der Waals surface area contributed by atoms with E-state index in [0.29, 0.717) is 35.6 Å². The molecule has 0 amide bonds. The van der Waals surface area contributed by atoms with Crippen molar-refractivity contribution in [3.8, 4) is 0 Å². The number of carbonyl (C=O) groups excluding carboxylic acids is 1. The van der Waals surface area contributed by atoms with Gasteiger partial charge in [0.2, 0.25) is 0 Å². The number of hydrogen-bond acceptors (Lipinski definition) is 3. The molecule has 0 spiro atoms. The first-order chi connectivity index (χ1) is 9.95. The molecule has 1 saturated heterocycles. The monoisotopic (exact) mass is 292 g/mol. The molecule has 4 fully saturated rings. The fourth-order valence-electron chi connectivity index (χ4n) is 6.33. The maximum atomic E-state index is 12.3. The van der Waals surface area contributed by atoms with Crippen molar-refractivity contribution in [3.05, 3.63) is 0 Å². The minimum Gasteiger partial charge on any atom is -0.393 e. The van der Waals surface area contributed by atoms with Gasteiger partial charge in [-0.3, -0.25) is 4.79 Å². The van der Waals surface area contributed by atoms with Gasteiger partial charge in [-0.05, 0) is 68.1 Å². The third-order valence-electron chi connectivity index (χ3n) is 7.74. The van der Waals surface area contributed by atoms with Gasteiger partial charge in [0.1, 0.15) is 6.61 Å². The first-order valence-corrected chi connectivity index (χ1v) is 8.78. The van der Waals surface area contributed by atoms with Gasteiger partial charge in [0, 0.05) is 0 Å². The SMILES string of the molecule is C[C@]12CC[C@@H](O)C[C@@H]1CC[C@@H]1[C@@H]2CC[C@]2(C)C(=O)CO[C@@H]12. The molecule has 4 rings (SSSR count). The fourth-order valence-corrected chi connectivity index (χ4v) is 6.33. The van der Waals surface area contributed by atoms with Gasteiger partial charge in [-0.25, -0.2) is 0 Å². The standard InChI is InChI=1S/C18H28O3/c1-17-7-5-12(19)9-11(17)3-4-13-14(17)6-8-18(2)15(20)10-21-16(13)18/h11-14,16,19H,3-10H2,1-2H3/t11-,12+,13+,14-,16-,17-,18+/m0/s1. The van der Waals surface area contributed by atoms with Crippen LogP contribution in [0.25, 0.3) is 0 Å². The number of ketones is 1. The summed E-state index contributed by atoms with van der Waals surface area (Å²) in [6, 6.07) is 0. The Labute approximate surface area is 127 Å². The maximum Gasteiger partial charge on any atom is 0.166 e. The minimum atomic E-state index is -0.210. The Morgan fingerprint density at radius 1 is 1.14 bits per heavy atom. The summed E-state index contributed by atoms with van der Waals surface area (Å²) in [5.74, 6) is 2.25. The molecule has 21 heavy (non-hydrogen) atoms. The van der Waals surface area contributed by atoms with Crippen LogP contribution in [-0.2, 0) is 9.53 Å². The van der Waals surface area contributed by atoms with Gasteiger partial charge in [-0.1, -0.05) is 13.8 Å². The predicted molar refractivity (Wildman–Crippen MR) is 79.8 cm³/mol. The normalized spacial score (nSPS) is 56.5. The summed E-state index contributed by atoms with van der Waals surface area (Å²) in [6.07, 6.45) is 7.74. The second-order valence-corrected chi connectivity index (χ2v) is 8.59. The first-order valence-electron chi connectivity index (χ1n) is 8.78. The van der Waals surface area contributed by atoms with Crippen LogP contribution in [0, 0.1) is 28.6 Å². The molecular formula is C18H28O3. The van der Waals surface area contributed by atoms with Gasteiger partial charge in [0.05, 0.1) is 17.6 Å². The van der Waals surface area contributed by atoms with E-state index in [-0.39, 0.29) is 17.6 Å². The van der Waals surface area contributed by atoms with Crippen molar-refractivity contribution in [1.29, 1.82) is 0 Å². The minimum absolute atomic E-state index is 0.0854. The highest BCUT2D eigenvalue weighted by Crippen LogP contribution is 2.62. The van der Waals surface area contributed by atoms with E-state index < -0.39 is 0 Å². The smallest absolute Gasteiger partial charge is 0.166 e. The quantitative estimate of drug-likeness (QED) is 0.746. The maximum absolute atomic E-state index is 12.3. The van der Waals surface area contributed by atoms with Crippen molar-refractivity contribution in [3.63, 3.8) is 0 Å². The molecule has 0 unspecified atom stereocenters. The molecule has 0 aromatic heterocycles. The van der Waals surface area contributed by atoms with E-state index in [1.165, 1.54) is 19.3 Å². The summed E-state index contributed by atoms with van der Waals surface area (Å²) in [4.78, 5) is 12.3. The lowest BCUT2D eigenvalue weighted by Crippen LogP contribution is -2.56. The molecule has 0 aromatic rings. The molecule has 3 nitrogen and oxygen atoms in total. The van der Waals surface area contributed by atoms with Crippen molar-refractivity contribution in [2.75, 3.05) is 6.61 Å². The van der Waals surface area contributed by atoms with Crippen molar-refractivity contribution in [2.24, 2.45) is 28.6 Å². The van der Waals surface area contributed by atoms with Gasteiger partial charge in [-0.2, -0.15) is 0 Å². The number of Topliss-reactive ketones (excluding diaryl/α,β-unsaturated/α-hetero) is 1. The molecule has 7 atom stereocenters. The highest BCUT2D eigenvalue weighted by atomic mass is 16.5. The molecule has 118 valence electrons. The van der Waals surface area contributed by atoms with E-state index in [4.69, 9.17) is 4.74 Å². The molecular weight excluding hydrogens is 264 g/mol. The summed E-state index contributed by atoms with van der Waals surface area (Å²) in [5.41, 5.74) is 0.150. The summed E-state index contributed by atoms with van der Waals surface area (Å²) < 4.78 is 5.99. The van der Waals surface area contributed by atoms with Gasteiger partial charge >= 0.3 is 0 Å². The Morgan fingerprint density at radius 3 is 2.76 bits per heavy atom. The highest BCUT2D eigenvalue weighted by molar-refractivity contribution is 5.88. The van der Waals surface area contributed by atoms with Gasteiger partial charge in [-0.15, -0.1) is 0 Å². The van der Waals surface area contributed by atoms with E-state index >= 15 is 0 Å². The Morgan fingerprint density at radius 2 is 1.95 bits per heavy atom. The van der Waals surface area contributed by atoms with Crippen molar-refractivity contribution >= 4 is 5.78 Å². The van der Waals surface area contributed by atoms with Crippen LogP contribution in [0.15, 0.2) is 0 Å². The van der Waals surface area contributed by atoms with E-state index in [1.54, 1.807) is 0 Å². The Balaban J connectivity index is 1.64. The number of aliphatic hydroxyl groups is 1. The van der Waals surface area contributed by atoms with E-state index in [2.05, 4.69) is 13.8 Å². The third-order valence-corrected chi connectivity index (χ3v) is 7.74. The second kappa shape index (κ2) is 4.55. The van der Waals surface area contributed by atoms with Crippen molar-refractivity contribution < 1.29 is 14.6 Å². The van der Waals surface area contributed by atoms with Crippen molar-refractivity contribution in [1.82, 2.24) is 0 Å². The summed E-state index contributed by atoms with van der Waals surface area (Å²) in [7, 11) is 0. The average molecular weight is 292 g/mol. The van der Waals surface area contributed by atoms with Gasteiger partial charge in [0.15, 0.2) is 5.78 Å². The molecule has 4 aliphatic rings. The van der Waals surface area contributed by atoms with Crippen molar-refractivity contribution in [2.45, 2.75) is 71.0 Å². The topological polar surface area (TPSA) is 46.5 Å². The zero-order chi connectivity index (χ0) is 14.8. The number of hydrogen-bond donors (Lipinski definition) is 1. The van der Waals surface area contributed by atoms with E-state index in [1.807, 2.05) is 0 Å². The molecule has 0 bridgehead atoms. The van der Waals surface area contributed by atoms with Crippen LogP contribution in [0.4, 0.5) is 0 Å². The fraction of sp³-hybridized carbons (Fsp3) is 0.944. The lowest BCUT2D eigenvalue weighted by molar-refractivity contribution is -0.149. The Bertz CT molecular complexity index is 461. The largest absolute Gasteiger partial charge is 0.393 e. The zero-order valence-electron chi connectivity index (χ0n) is 13.3. The molecule has 3 saturated carbocycles. The molecule has 3 aliphatic carbocycles. The van der Waals surface area contributed by atoms with Crippen LogP contribution in [0.3, 0.4) is 0 Å². The van der Waals surface area contributed by atoms with Gasteiger partial charge < -0.3 is 9.84 Å². The van der Waals surface area contributed by atoms with E-state index in [0.717, 1.165) is 25.7 Å². The molecule has 0 aromatic carbocycles. The third kappa shape index (κ3) is 1.83. The van der Waals surface area contributed by atoms with Crippen LogP contribution in [0.2, 0.25) is 0 Å². The summed E-state index contributed by atoms with van der Waals surface area (Å²) in [5, 5.41) is 10.0. The average Bonchev–Trinajstić information content (AvgIpc) is 2.76. The second-order valence-electron chi connectivity index (χ2n) is 8.59. The number of aliphatic hydroxyl groups excluding tert-OH is 1. The first kappa shape index (κ1) is 14.2. The lowest BCUT2D eigenvalue weighted by atomic mass is 9.46. The number of rotatable bonds is 0. The molecule has 3 heteroatoms. The highest BCUT2D eigenvalue weighted by Gasteiger charge is 2.61. The molecule has 1 N–H and O–H groups in total. The number of fused-ring (bicyclic) bond motifs is 5. The predicted octanol–water partition coefficient (Wildman–Crippen LogP) is 2.95. The summed E-state index contributed by atoms with van der Waals surface area (Å²) in [6.45, 7) is 4.94. The van der Waals surface area contributed by atoms with Crippen LogP contribution in [-0.4, -0.2) is 29.7 Å². The zero-order valence-corrected chi connectivity index (χ0v) is 13.3. The molecule has 1 heterocycles. The summed E-state index contributed by atoms with van der Waals surface area (Å²) >= 11 is 0. The van der Waals surface area contributed by atoms with Crippen LogP contribution < -0.4 is 0 Å². The van der Waals surface area contributed by atoms with Crippen LogP contribution >= 0.6 is 0 Å². The number of carbonyl (C=O) groups is 1. The lowest BCUT2D eigenvalue weighted by Gasteiger charge is -2.59. The Kier molecular flexibility index (Phi) is 3.07. The van der Waals surface area contributed by atoms with Crippen LogP contribution in [0.1, 0.15) is 58.8 Å². The number of ether oxygens (including phenoxy) is 1. The molecule has 0 radical (unpaired) electrons. The molecule has 1 aliphatic heterocycles. The van der Waals surface area contributed by atoms with Gasteiger partial charge in [0.25, 0.3) is 0 Å². The van der Waals surface area contributed by atoms with E-state index in [9.17, 15) is 9.90 Å². The Hall–Kier alpha value is -0.410. The van der Waals surface area contributed by atoms with Crippen LogP contribution in [0.5, 0.6) is 0 Å².